The predicted octanol–water partition coefficient (Wildman–Crippen LogP) is 4.70. The van der Waals surface area contributed by atoms with Crippen molar-refractivity contribution < 1.29 is 0 Å². The molecule has 0 saturated heterocycles. The van der Waals surface area contributed by atoms with Gasteiger partial charge in [-0.25, -0.2) is 4.98 Å². The van der Waals surface area contributed by atoms with Gasteiger partial charge in [0, 0.05) is 23.5 Å². The zero-order chi connectivity index (χ0) is 23.8. The third-order valence-electron chi connectivity index (χ3n) is 5.83. The number of hydrogen-bond acceptors (Lipinski definition) is 4. The highest BCUT2D eigenvalue weighted by Gasteiger charge is 2.13. The van der Waals surface area contributed by atoms with Gasteiger partial charge in [0.25, 0.3) is 0 Å². The van der Waals surface area contributed by atoms with Crippen LogP contribution in [0.3, 0.4) is 0 Å². The minimum atomic E-state index is 0.550. The number of aryl methyl sites for hydroxylation is 1. The number of H-pyrrole nitrogens is 1. The molecule has 0 aromatic carbocycles. The lowest BCUT2D eigenvalue weighted by Gasteiger charge is -2.12. The quantitative estimate of drug-likeness (QED) is 0.353. The van der Waals surface area contributed by atoms with Crippen molar-refractivity contribution in [2.45, 2.75) is 53.0 Å². The first-order chi connectivity index (χ1) is 15.9. The van der Waals surface area contributed by atoms with Crippen molar-refractivity contribution in [3.8, 4) is 22.6 Å². The first-order valence-corrected chi connectivity index (χ1v) is 11.7. The molecule has 172 valence electrons. The normalized spacial score (nSPS) is 13.3. The van der Waals surface area contributed by atoms with Crippen LogP contribution in [0, 0.1) is 6.92 Å². The molecule has 2 N–H and O–H groups in total. The van der Waals surface area contributed by atoms with Gasteiger partial charge in [-0.15, -0.1) is 0 Å². The number of pyridine rings is 2. The van der Waals surface area contributed by atoms with Gasteiger partial charge in [-0.05, 0) is 87.2 Å². The molecule has 0 bridgehead atoms. The van der Waals surface area contributed by atoms with Crippen molar-refractivity contribution in [2.24, 2.45) is 0 Å². The summed E-state index contributed by atoms with van der Waals surface area (Å²) < 4.78 is 0. The molecule has 3 heterocycles. The van der Waals surface area contributed by atoms with Gasteiger partial charge in [-0.2, -0.15) is 5.10 Å². The molecule has 0 radical (unpaired) electrons. The number of hydrogen-bond donors (Lipinski definition) is 2. The molecular weight excluding hydrogens is 406 g/mol. The molecule has 5 heteroatoms. The standard InChI is InChI=1S/C28H35N5/c1-7-21(5)29-16-10-11-19(3)23(8-2)17-27-20(4)14-15-25(32-27)24-18-30-33-28(24)26-13-9-12-22(6)31-26/h8-9,12-15,17-18,21,29H,3-4,7,10-11,16H2,1-2,5-6H3,(H,30,33)/b23-8+,27-17+/t21-/m1/s1. The van der Waals surface area contributed by atoms with Crippen molar-refractivity contribution >= 4 is 12.7 Å². The van der Waals surface area contributed by atoms with Crippen LogP contribution in [-0.2, 0) is 0 Å². The van der Waals surface area contributed by atoms with Crippen molar-refractivity contribution in [3.63, 3.8) is 0 Å². The van der Waals surface area contributed by atoms with Crippen LogP contribution >= 0.6 is 0 Å². The molecule has 0 amide bonds. The number of aromatic nitrogens is 4. The lowest BCUT2D eigenvalue weighted by molar-refractivity contribution is 0.524. The van der Waals surface area contributed by atoms with Gasteiger partial charge in [-0.3, -0.25) is 10.1 Å². The Hall–Kier alpha value is -3.31. The Balaban J connectivity index is 1.85. The van der Waals surface area contributed by atoms with E-state index in [0.717, 1.165) is 75.9 Å². The topological polar surface area (TPSA) is 66.5 Å². The Kier molecular flexibility index (Phi) is 8.50. The van der Waals surface area contributed by atoms with Gasteiger partial charge in [0.15, 0.2) is 0 Å². The van der Waals surface area contributed by atoms with Crippen molar-refractivity contribution in [2.75, 3.05) is 6.54 Å². The zero-order valence-corrected chi connectivity index (χ0v) is 20.3. The van der Waals surface area contributed by atoms with E-state index in [1.807, 2.05) is 50.4 Å². The van der Waals surface area contributed by atoms with Crippen LogP contribution in [-0.4, -0.2) is 32.8 Å². The van der Waals surface area contributed by atoms with Gasteiger partial charge >= 0.3 is 0 Å². The maximum absolute atomic E-state index is 4.92. The fourth-order valence-electron chi connectivity index (χ4n) is 3.61. The second-order valence-electron chi connectivity index (χ2n) is 8.41. The molecule has 3 rings (SSSR count). The largest absolute Gasteiger partial charge is 0.314 e. The highest BCUT2D eigenvalue weighted by Crippen LogP contribution is 2.26. The molecule has 0 unspecified atom stereocenters. The lowest BCUT2D eigenvalue weighted by Crippen LogP contribution is -2.27. The Bertz CT molecular complexity index is 1240. The van der Waals surface area contributed by atoms with Gasteiger partial charge in [-0.1, -0.05) is 38.3 Å². The van der Waals surface area contributed by atoms with E-state index in [-0.39, 0.29) is 0 Å². The maximum atomic E-state index is 4.92. The number of nitrogens with one attached hydrogen (secondary N) is 2. The molecule has 3 aromatic rings. The molecule has 0 spiro atoms. The van der Waals surface area contributed by atoms with Crippen LogP contribution < -0.4 is 15.9 Å². The predicted molar refractivity (Wildman–Crippen MR) is 139 cm³/mol. The third kappa shape index (κ3) is 6.36. The smallest absolute Gasteiger partial charge is 0.120 e. The van der Waals surface area contributed by atoms with Gasteiger partial charge in [0.1, 0.15) is 5.69 Å². The summed E-state index contributed by atoms with van der Waals surface area (Å²) in [5, 5.41) is 12.7. The highest BCUT2D eigenvalue weighted by atomic mass is 15.1. The van der Waals surface area contributed by atoms with E-state index >= 15 is 0 Å². The average Bonchev–Trinajstić information content (AvgIpc) is 3.31. The molecule has 1 atom stereocenters. The van der Waals surface area contributed by atoms with E-state index in [9.17, 15) is 0 Å². The average molecular weight is 442 g/mol. The Morgan fingerprint density at radius 3 is 2.73 bits per heavy atom. The zero-order valence-electron chi connectivity index (χ0n) is 20.3. The first-order valence-electron chi connectivity index (χ1n) is 11.7. The summed E-state index contributed by atoms with van der Waals surface area (Å²) in [6.07, 6.45) is 9.19. The molecule has 0 fully saturated rings. The van der Waals surface area contributed by atoms with Crippen LogP contribution in [0.4, 0.5) is 0 Å². The summed E-state index contributed by atoms with van der Waals surface area (Å²) in [6, 6.07) is 10.5. The summed E-state index contributed by atoms with van der Waals surface area (Å²) in [5.41, 5.74) is 6.53. The molecule has 0 saturated carbocycles. The summed E-state index contributed by atoms with van der Waals surface area (Å²) >= 11 is 0. The van der Waals surface area contributed by atoms with E-state index in [0.29, 0.717) is 6.04 Å². The van der Waals surface area contributed by atoms with Crippen LogP contribution in [0.1, 0.15) is 45.7 Å². The second-order valence-corrected chi connectivity index (χ2v) is 8.41. The van der Waals surface area contributed by atoms with Crippen molar-refractivity contribution in [1.29, 1.82) is 0 Å². The molecule has 0 aliphatic carbocycles. The maximum Gasteiger partial charge on any atom is 0.120 e. The Morgan fingerprint density at radius 1 is 1.18 bits per heavy atom. The van der Waals surface area contributed by atoms with Crippen LogP contribution in [0.15, 0.2) is 60.3 Å². The fourth-order valence-corrected chi connectivity index (χ4v) is 3.61. The van der Waals surface area contributed by atoms with Crippen LogP contribution in [0.25, 0.3) is 35.3 Å². The first kappa shape index (κ1) is 24.3. The van der Waals surface area contributed by atoms with E-state index in [1.165, 1.54) is 0 Å². The second kappa shape index (κ2) is 11.5. The number of allylic oxidation sites excluding steroid dienone is 3. The monoisotopic (exact) mass is 441 g/mol. The highest BCUT2D eigenvalue weighted by molar-refractivity contribution is 5.76. The summed E-state index contributed by atoms with van der Waals surface area (Å²) in [5.74, 6) is 0. The molecule has 0 aliphatic heterocycles. The molecule has 0 aliphatic rings. The van der Waals surface area contributed by atoms with Gasteiger partial charge in [0.05, 0.1) is 16.7 Å². The van der Waals surface area contributed by atoms with Gasteiger partial charge < -0.3 is 5.32 Å². The van der Waals surface area contributed by atoms with E-state index < -0.39 is 0 Å². The fraction of sp³-hybridized carbons (Fsp3) is 0.321. The van der Waals surface area contributed by atoms with Crippen molar-refractivity contribution in [3.05, 3.63) is 76.6 Å². The van der Waals surface area contributed by atoms with E-state index in [4.69, 9.17) is 4.98 Å². The number of nitrogens with zero attached hydrogens (tertiary/aromatic N) is 3. The number of aromatic amines is 1. The third-order valence-corrected chi connectivity index (χ3v) is 5.83. The number of rotatable bonds is 10. The summed E-state index contributed by atoms with van der Waals surface area (Å²) in [7, 11) is 0. The SMILES string of the molecule is C=C(CCCN[C@H](C)CC)C(=C/C)/C=c1/nc(-c2c[nH]nc2-c2cccc(C)n2)ccc1=C. The summed E-state index contributed by atoms with van der Waals surface area (Å²) in [4.78, 5) is 9.55. The van der Waals surface area contributed by atoms with E-state index in [1.54, 1.807) is 0 Å². The molecule has 33 heavy (non-hydrogen) atoms. The minimum Gasteiger partial charge on any atom is -0.314 e. The summed E-state index contributed by atoms with van der Waals surface area (Å²) in [6.45, 7) is 17.9. The molecule has 3 aromatic heterocycles. The Morgan fingerprint density at radius 2 is 2.00 bits per heavy atom. The lowest BCUT2D eigenvalue weighted by atomic mass is 10.0. The minimum absolute atomic E-state index is 0.550. The van der Waals surface area contributed by atoms with Crippen LogP contribution in [0.2, 0.25) is 0 Å². The van der Waals surface area contributed by atoms with E-state index in [2.05, 4.69) is 59.7 Å². The van der Waals surface area contributed by atoms with Crippen LogP contribution in [0.5, 0.6) is 0 Å². The molecule has 5 nitrogen and oxygen atoms in total. The van der Waals surface area contributed by atoms with Gasteiger partial charge in [0.2, 0.25) is 0 Å². The Labute approximate surface area is 197 Å². The van der Waals surface area contributed by atoms with Crippen molar-refractivity contribution in [1.82, 2.24) is 25.5 Å². The molecular formula is C28H35N5.